The van der Waals surface area contributed by atoms with Crippen LogP contribution in [0.15, 0.2) is 22.7 Å². The highest BCUT2D eigenvalue weighted by molar-refractivity contribution is 9.10. The van der Waals surface area contributed by atoms with Gasteiger partial charge in [-0.15, -0.1) is 0 Å². The standard InChI is InChI=1S/C14H20BrN3O/c1-17-8-6-10(7-9-17)18(2)14(19)11-4-3-5-12(15)13(11)16/h3-5,10H,6-9,16H2,1-2H3. The molecular weight excluding hydrogens is 306 g/mol. The van der Waals surface area contributed by atoms with Crippen LogP contribution in [0.1, 0.15) is 23.2 Å². The molecule has 1 aromatic carbocycles. The summed E-state index contributed by atoms with van der Waals surface area (Å²) >= 11 is 3.36. The van der Waals surface area contributed by atoms with Gasteiger partial charge in [-0.2, -0.15) is 0 Å². The molecule has 19 heavy (non-hydrogen) atoms. The Labute approximate surface area is 122 Å². The summed E-state index contributed by atoms with van der Waals surface area (Å²) in [6.45, 7) is 2.08. The lowest BCUT2D eigenvalue weighted by Gasteiger charge is -2.35. The van der Waals surface area contributed by atoms with E-state index in [0.717, 1.165) is 30.4 Å². The van der Waals surface area contributed by atoms with E-state index >= 15 is 0 Å². The highest BCUT2D eigenvalue weighted by Crippen LogP contribution is 2.25. The van der Waals surface area contributed by atoms with Crippen molar-refractivity contribution in [1.82, 2.24) is 9.80 Å². The first-order valence-corrected chi connectivity index (χ1v) is 7.29. The Bertz CT molecular complexity index is 470. The van der Waals surface area contributed by atoms with Crippen LogP contribution in [0.5, 0.6) is 0 Å². The van der Waals surface area contributed by atoms with Crippen LogP contribution in [0.25, 0.3) is 0 Å². The Morgan fingerprint density at radius 2 is 2.05 bits per heavy atom. The van der Waals surface area contributed by atoms with Crippen LogP contribution < -0.4 is 5.73 Å². The Hall–Kier alpha value is -1.07. The van der Waals surface area contributed by atoms with Crippen LogP contribution in [-0.2, 0) is 0 Å². The molecule has 0 aromatic heterocycles. The number of likely N-dealkylation sites (tertiary alicyclic amines) is 1. The van der Waals surface area contributed by atoms with Gasteiger partial charge in [-0.1, -0.05) is 6.07 Å². The smallest absolute Gasteiger partial charge is 0.255 e. The molecule has 0 aliphatic carbocycles. The monoisotopic (exact) mass is 325 g/mol. The predicted molar refractivity (Wildman–Crippen MR) is 81.2 cm³/mol. The fourth-order valence-corrected chi connectivity index (χ4v) is 2.83. The maximum absolute atomic E-state index is 12.5. The van der Waals surface area contributed by atoms with E-state index in [2.05, 4.69) is 27.9 Å². The lowest BCUT2D eigenvalue weighted by molar-refractivity contribution is 0.0660. The number of para-hydroxylation sites is 1. The van der Waals surface area contributed by atoms with Gasteiger partial charge in [0, 0.05) is 17.6 Å². The second-order valence-electron chi connectivity index (χ2n) is 5.15. The molecule has 1 amide bonds. The van der Waals surface area contributed by atoms with Crippen LogP contribution >= 0.6 is 15.9 Å². The van der Waals surface area contributed by atoms with E-state index in [1.807, 2.05) is 24.1 Å². The lowest BCUT2D eigenvalue weighted by atomic mass is 10.0. The third-order valence-electron chi connectivity index (χ3n) is 3.84. The molecule has 1 aromatic rings. The number of nitrogen functional groups attached to an aromatic ring is 1. The molecule has 0 spiro atoms. The van der Waals surface area contributed by atoms with E-state index in [9.17, 15) is 4.79 Å². The summed E-state index contributed by atoms with van der Waals surface area (Å²) in [5, 5.41) is 0. The van der Waals surface area contributed by atoms with Crippen LogP contribution in [-0.4, -0.2) is 48.9 Å². The molecule has 1 fully saturated rings. The van der Waals surface area contributed by atoms with E-state index in [1.165, 1.54) is 0 Å². The third kappa shape index (κ3) is 3.09. The van der Waals surface area contributed by atoms with Gasteiger partial charge in [0.2, 0.25) is 0 Å². The Morgan fingerprint density at radius 3 is 2.68 bits per heavy atom. The summed E-state index contributed by atoms with van der Waals surface area (Å²) in [6.07, 6.45) is 2.04. The zero-order chi connectivity index (χ0) is 14.0. The molecule has 1 heterocycles. The van der Waals surface area contributed by atoms with Crippen molar-refractivity contribution in [3.05, 3.63) is 28.2 Å². The van der Waals surface area contributed by atoms with Crippen molar-refractivity contribution in [2.75, 3.05) is 32.9 Å². The lowest BCUT2D eigenvalue weighted by Crippen LogP contribution is -2.44. The topological polar surface area (TPSA) is 49.6 Å². The SMILES string of the molecule is CN1CCC(N(C)C(=O)c2cccc(Br)c2N)CC1. The number of nitrogens with two attached hydrogens (primary N) is 1. The van der Waals surface area contributed by atoms with E-state index in [0.29, 0.717) is 17.3 Å². The van der Waals surface area contributed by atoms with Crippen molar-refractivity contribution in [3.63, 3.8) is 0 Å². The maximum Gasteiger partial charge on any atom is 0.255 e. The quantitative estimate of drug-likeness (QED) is 0.848. The fourth-order valence-electron chi connectivity index (χ4n) is 2.46. The Balaban J connectivity index is 2.13. The summed E-state index contributed by atoms with van der Waals surface area (Å²) < 4.78 is 0.773. The van der Waals surface area contributed by atoms with E-state index in [1.54, 1.807) is 6.07 Å². The minimum atomic E-state index is 0.00773. The van der Waals surface area contributed by atoms with Crippen LogP contribution in [0, 0.1) is 0 Å². The average molecular weight is 326 g/mol. The third-order valence-corrected chi connectivity index (χ3v) is 4.53. The first-order chi connectivity index (χ1) is 9.00. The molecule has 5 heteroatoms. The largest absolute Gasteiger partial charge is 0.397 e. The summed E-state index contributed by atoms with van der Waals surface area (Å²) in [5.41, 5.74) is 7.07. The van der Waals surface area contributed by atoms with Gasteiger partial charge < -0.3 is 15.5 Å². The summed E-state index contributed by atoms with van der Waals surface area (Å²) in [6, 6.07) is 5.79. The molecule has 1 aliphatic heterocycles. The van der Waals surface area contributed by atoms with Crippen molar-refractivity contribution in [2.24, 2.45) is 0 Å². The van der Waals surface area contributed by atoms with Gasteiger partial charge in [-0.25, -0.2) is 0 Å². The molecule has 0 radical (unpaired) electrons. The van der Waals surface area contributed by atoms with E-state index in [4.69, 9.17) is 5.73 Å². The molecule has 0 unspecified atom stereocenters. The molecule has 0 saturated carbocycles. The average Bonchev–Trinajstić information content (AvgIpc) is 2.41. The summed E-state index contributed by atoms with van der Waals surface area (Å²) in [4.78, 5) is 16.6. The van der Waals surface area contributed by atoms with Crippen molar-refractivity contribution in [3.8, 4) is 0 Å². The number of nitrogens with zero attached hydrogens (tertiary/aromatic N) is 2. The molecule has 104 valence electrons. The Kier molecular flexibility index (Phi) is 4.47. The minimum absolute atomic E-state index is 0.00773. The number of hydrogen-bond donors (Lipinski definition) is 1. The van der Waals surface area contributed by atoms with Crippen LogP contribution in [0.4, 0.5) is 5.69 Å². The second kappa shape index (κ2) is 5.92. The van der Waals surface area contributed by atoms with Gasteiger partial charge in [-0.05, 0) is 61.0 Å². The first kappa shape index (κ1) is 14.3. The van der Waals surface area contributed by atoms with Crippen molar-refractivity contribution in [2.45, 2.75) is 18.9 Å². The zero-order valence-electron chi connectivity index (χ0n) is 11.4. The van der Waals surface area contributed by atoms with Gasteiger partial charge in [0.05, 0.1) is 11.3 Å². The number of rotatable bonds is 2. The molecule has 1 saturated heterocycles. The van der Waals surface area contributed by atoms with Crippen molar-refractivity contribution >= 4 is 27.5 Å². The first-order valence-electron chi connectivity index (χ1n) is 6.50. The van der Waals surface area contributed by atoms with Crippen molar-refractivity contribution in [1.29, 1.82) is 0 Å². The van der Waals surface area contributed by atoms with Gasteiger partial charge in [0.25, 0.3) is 5.91 Å². The van der Waals surface area contributed by atoms with Gasteiger partial charge >= 0.3 is 0 Å². The molecule has 4 nitrogen and oxygen atoms in total. The molecule has 2 rings (SSSR count). The number of amides is 1. The normalized spacial score (nSPS) is 17.4. The predicted octanol–water partition coefficient (Wildman–Crippen LogP) is 2.20. The number of piperidine rings is 1. The molecule has 0 bridgehead atoms. The summed E-state index contributed by atoms with van der Waals surface area (Å²) in [5.74, 6) is 0.00773. The zero-order valence-corrected chi connectivity index (χ0v) is 13.0. The van der Waals surface area contributed by atoms with Gasteiger partial charge in [0.1, 0.15) is 0 Å². The van der Waals surface area contributed by atoms with E-state index < -0.39 is 0 Å². The van der Waals surface area contributed by atoms with E-state index in [-0.39, 0.29) is 5.91 Å². The molecule has 0 atom stereocenters. The van der Waals surface area contributed by atoms with Crippen LogP contribution in [0.2, 0.25) is 0 Å². The molecule has 1 aliphatic rings. The number of benzene rings is 1. The second-order valence-corrected chi connectivity index (χ2v) is 6.01. The fraction of sp³-hybridized carbons (Fsp3) is 0.500. The number of carbonyl (C=O) groups is 1. The van der Waals surface area contributed by atoms with Gasteiger partial charge in [0.15, 0.2) is 0 Å². The highest BCUT2D eigenvalue weighted by atomic mass is 79.9. The van der Waals surface area contributed by atoms with Crippen LogP contribution in [0.3, 0.4) is 0 Å². The molecular formula is C14H20BrN3O. The summed E-state index contributed by atoms with van der Waals surface area (Å²) in [7, 11) is 3.99. The molecule has 2 N–H and O–H groups in total. The number of hydrogen-bond acceptors (Lipinski definition) is 3. The maximum atomic E-state index is 12.5. The van der Waals surface area contributed by atoms with Crippen molar-refractivity contribution < 1.29 is 4.79 Å². The number of halogens is 1. The Morgan fingerprint density at radius 1 is 1.42 bits per heavy atom. The van der Waals surface area contributed by atoms with Gasteiger partial charge in [-0.3, -0.25) is 4.79 Å². The number of carbonyl (C=O) groups excluding carboxylic acids is 1. The highest BCUT2D eigenvalue weighted by Gasteiger charge is 2.25. The number of anilines is 1. The minimum Gasteiger partial charge on any atom is -0.397 e.